The molecule has 0 radical (unpaired) electrons. The number of benzene rings is 1. The van der Waals surface area contributed by atoms with Crippen molar-refractivity contribution in [3.05, 3.63) is 35.2 Å². The number of nitrogens with zero attached hydrogens (tertiary/aromatic N) is 3. The average Bonchev–Trinajstić information content (AvgIpc) is 2.84. The van der Waals surface area contributed by atoms with E-state index in [1.807, 2.05) is 20.0 Å². The lowest BCUT2D eigenvalue weighted by molar-refractivity contribution is 0.152. The molecule has 3 nitrogen and oxygen atoms in total. The minimum atomic E-state index is -2.49. The van der Waals surface area contributed by atoms with Crippen LogP contribution in [-0.4, -0.2) is 22.9 Å². The van der Waals surface area contributed by atoms with Gasteiger partial charge >= 0.3 is 0 Å². The van der Waals surface area contributed by atoms with Gasteiger partial charge in [0.15, 0.2) is 0 Å². The molecular formula is C17H21F2N3. The van der Waals surface area contributed by atoms with E-state index >= 15 is 0 Å². The van der Waals surface area contributed by atoms with Crippen LogP contribution in [0.1, 0.15) is 36.6 Å². The summed E-state index contributed by atoms with van der Waals surface area (Å²) < 4.78 is 28.9. The van der Waals surface area contributed by atoms with Gasteiger partial charge in [0.1, 0.15) is 0 Å². The quantitative estimate of drug-likeness (QED) is 0.851. The molecule has 1 aromatic carbocycles. The SMILES string of the molecule is CCN1CCCc2cc(-c3cnn(C)c3C)c(C(F)F)cc21. The van der Waals surface area contributed by atoms with Crippen molar-refractivity contribution < 1.29 is 8.78 Å². The Morgan fingerprint density at radius 3 is 2.64 bits per heavy atom. The van der Waals surface area contributed by atoms with E-state index in [-0.39, 0.29) is 5.56 Å². The standard InChI is InChI=1S/C17H21F2N3/c1-4-22-7-5-6-12-8-13(14(17(18)19)9-16(12)22)15-10-20-21(3)11(15)2/h8-10,17H,4-7H2,1-3H3. The second-order valence-electron chi connectivity index (χ2n) is 5.82. The van der Waals surface area contributed by atoms with Crippen molar-refractivity contribution in [2.45, 2.75) is 33.1 Å². The lowest BCUT2D eigenvalue weighted by atomic mass is 9.92. The molecule has 0 N–H and O–H groups in total. The zero-order valence-corrected chi connectivity index (χ0v) is 13.2. The van der Waals surface area contributed by atoms with Gasteiger partial charge in [0, 0.05) is 42.6 Å². The van der Waals surface area contributed by atoms with E-state index in [0.717, 1.165) is 48.4 Å². The van der Waals surface area contributed by atoms with Crippen molar-refractivity contribution in [3.63, 3.8) is 0 Å². The van der Waals surface area contributed by atoms with Crippen LogP contribution < -0.4 is 4.90 Å². The summed E-state index contributed by atoms with van der Waals surface area (Å²) in [5, 5.41) is 4.20. The van der Waals surface area contributed by atoms with Crippen LogP contribution in [0.4, 0.5) is 14.5 Å². The monoisotopic (exact) mass is 305 g/mol. The zero-order chi connectivity index (χ0) is 15.9. The summed E-state index contributed by atoms with van der Waals surface area (Å²) in [5.74, 6) is 0. The molecule has 2 aromatic rings. The molecular weight excluding hydrogens is 284 g/mol. The van der Waals surface area contributed by atoms with Crippen molar-refractivity contribution in [1.82, 2.24) is 9.78 Å². The predicted octanol–water partition coefficient (Wildman–Crippen LogP) is 4.11. The van der Waals surface area contributed by atoms with Gasteiger partial charge in [-0.1, -0.05) is 0 Å². The van der Waals surface area contributed by atoms with Crippen molar-refractivity contribution in [2.75, 3.05) is 18.0 Å². The Hall–Kier alpha value is -1.91. The van der Waals surface area contributed by atoms with Crippen LogP contribution >= 0.6 is 0 Å². The van der Waals surface area contributed by atoms with E-state index in [4.69, 9.17) is 0 Å². The summed E-state index contributed by atoms with van der Waals surface area (Å²) >= 11 is 0. The maximum absolute atomic E-state index is 13.6. The van der Waals surface area contributed by atoms with Gasteiger partial charge in [-0.05, 0) is 49.9 Å². The third kappa shape index (κ3) is 2.38. The molecule has 0 saturated carbocycles. The largest absolute Gasteiger partial charge is 0.372 e. The van der Waals surface area contributed by atoms with Gasteiger partial charge < -0.3 is 4.90 Å². The Morgan fingerprint density at radius 2 is 2.05 bits per heavy atom. The van der Waals surface area contributed by atoms with Crippen LogP contribution in [0.25, 0.3) is 11.1 Å². The maximum atomic E-state index is 13.6. The molecule has 3 rings (SSSR count). The number of halogens is 2. The van der Waals surface area contributed by atoms with Crippen molar-refractivity contribution >= 4 is 5.69 Å². The number of hydrogen-bond acceptors (Lipinski definition) is 2. The number of aryl methyl sites for hydroxylation is 2. The fourth-order valence-electron chi connectivity index (χ4n) is 3.23. The molecule has 0 unspecified atom stereocenters. The summed E-state index contributed by atoms with van der Waals surface area (Å²) in [5.41, 5.74) is 4.57. The Morgan fingerprint density at radius 1 is 1.27 bits per heavy atom. The molecule has 0 amide bonds. The minimum absolute atomic E-state index is 0.107. The molecule has 1 aliphatic rings. The summed E-state index contributed by atoms with van der Waals surface area (Å²) in [6.07, 6.45) is 1.21. The summed E-state index contributed by atoms with van der Waals surface area (Å²) in [7, 11) is 1.83. The lowest BCUT2D eigenvalue weighted by Gasteiger charge is -2.31. The second kappa shape index (κ2) is 5.71. The van der Waals surface area contributed by atoms with Gasteiger partial charge in [-0.25, -0.2) is 8.78 Å². The molecule has 0 spiro atoms. The van der Waals surface area contributed by atoms with Crippen LogP contribution in [0.5, 0.6) is 0 Å². The molecule has 0 fully saturated rings. The molecule has 0 aliphatic carbocycles. The van der Waals surface area contributed by atoms with Gasteiger partial charge in [-0.3, -0.25) is 4.68 Å². The molecule has 1 aromatic heterocycles. The normalized spacial score (nSPS) is 14.5. The van der Waals surface area contributed by atoms with Gasteiger partial charge in [-0.15, -0.1) is 0 Å². The predicted molar refractivity (Wildman–Crippen MR) is 84.5 cm³/mol. The molecule has 0 atom stereocenters. The number of anilines is 1. The highest BCUT2D eigenvalue weighted by Gasteiger charge is 2.24. The fraction of sp³-hybridized carbons (Fsp3) is 0.471. The number of aromatic nitrogens is 2. The molecule has 0 bridgehead atoms. The molecule has 2 heterocycles. The molecule has 118 valence electrons. The fourth-order valence-corrected chi connectivity index (χ4v) is 3.23. The van der Waals surface area contributed by atoms with Gasteiger partial charge in [0.05, 0.1) is 6.20 Å². The molecule has 22 heavy (non-hydrogen) atoms. The lowest BCUT2D eigenvalue weighted by Crippen LogP contribution is -2.29. The van der Waals surface area contributed by atoms with Gasteiger partial charge in [0.25, 0.3) is 6.43 Å². The van der Waals surface area contributed by atoms with Gasteiger partial charge in [-0.2, -0.15) is 5.10 Å². The average molecular weight is 305 g/mol. The van der Waals surface area contributed by atoms with Crippen LogP contribution in [0, 0.1) is 6.92 Å². The van der Waals surface area contributed by atoms with E-state index in [9.17, 15) is 8.78 Å². The van der Waals surface area contributed by atoms with E-state index in [0.29, 0.717) is 5.56 Å². The number of rotatable bonds is 3. The minimum Gasteiger partial charge on any atom is -0.372 e. The van der Waals surface area contributed by atoms with Crippen molar-refractivity contribution in [2.24, 2.45) is 7.05 Å². The van der Waals surface area contributed by atoms with E-state index in [2.05, 4.69) is 16.9 Å². The van der Waals surface area contributed by atoms with Crippen LogP contribution in [-0.2, 0) is 13.5 Å². The summed E-state index contributed by atoms with van der Waals surface area (Å²) in [6.45, 7) is 5.77. The highest BCUT2D eigenvalue weighted by Crippen LogP contribution is 2.39. The van der Waals surface area contributed by atoms with E-state index < -0.39 is 6.43 Å². The third-order valence-electron chi connectivity index (χ3n) is 4.61. The Labute approximate surface area is 129 Å². The summed E-state index contributed by atoms with van der Waals surface area (Å²) in [4.78, 5) is 2.19. The second-order valence-corrected chi connectivity index (χ2v) is 5.82. The Bertz CT molecular complexity index is 691. The van der Waals surface area contributed by atoms with E-state index in [1.165, 1.54) is 0 Å². The molecule has 5 heteroatoms. The smallest absolute Gasteiger partial charge is 0.264 e. The van der Waals surface area contributed by atoms with Crippen LogP contribution in [0.3, 0.4) is 0 Å². The highest BCUT2D eigenvalue weighted by atomic mass is 19.3. The molecule has 0 saturated heterocycles. The number of fused-ring (bicyclic) bond motifs is 1. The Balaban J connectivity index is 2.20. The topological polar surface area (TPSA) is 21.1 Å². The maximum Gasteiger partial charge on any atom is 0.264 e. The third-order valence-corrected chi connectivity index (χ3v) is 4.61. The van der Waals surface area contributed by atoms with E-state index in [1.54, 1.807) is 16.9 Å². The first-order chi connectivity index (χ1) is 10.5. The first kappa shape index (κ1) is 15.0. The summed E-state index contributed by atoms with van der Waals surface area (Å²) in [6, 6.07) is 3.63. The van der Waals surface area contributed by atoms with Crippen LogP contribution in [0.15, 0.2) is 18.3 Å². The van der Waals surface area contributed by atoms with Gasteiger partial charge in [0.2, 0.25) is 0 Å². The first-order valence-electron chi connectivity index (χ1n) is 7.71. The highest BCUT2D eigenvalue weighted by molar-refractivity contribution is 5.75. The number of hydrogen-bond donors (Lipinski definition) is 0. The zero-order valence-electron chi connectivity index (χ0n) is 13.2. The number of alkyl halides is 2. The Kier molecular flexibility index (Phi) is 3.89. The first-order valence-corrected chi connectivity index (χ1v) is 7.71. The van der Waals surface area contributed by atoms with Crippen molar-refractivity contribution in [1.29, 1.82) is 0 Å². The van der Waals surface area contributed by atoms with Crippen molar-refractivity contribution in [3.8, 4) is 11.1 Å². The van der Waals surface area contributed by atoms with Crippen LogP contribution in [0.2, 0.25) is 0 Å². The molecule has 1 aliphatic heterocycles.